The van der Waals surface area contributed by atoms with Crippen molar-refractivity contribution >= 4 is 29.3 Å². The molecule has 0 atom stereocenters. The highest BCUT2D eigenvalue weighted by molar-refractivity contribution is 6.31. The first-order valence-corrected chi connectivity index (χ1v) is 8.05. The molecule has 0 aliphatic carbocycles. The number of nitrogens with zero attached hydrogens (tertiary/aromatic N) is 1. The van der Waals surface area contributed by atoms with E-state index >= 15 is 0 Å². The normalized spacial score (nSPS) is 10.6. The van der Waals surface area contributed by atoms with Crippen molar-refractivity contribution in [2.75, 3.05) is 19.0 Å². The highest BCUT2D eigenvalue weighted by atomic mass is 35.5. The zero-order valence-electron chi connectivity index (χ0n) is 14.2. The molecule has 0 bridgehead atoms. The lowest BCUT2D eigenvalue weighted by Gasteiger charge is -2.10. The van der Waals surface area contributed by atoms with E-state index in [9.17, 15) is 10.1 Å². The van der Waals surface area contributed by atoms with Crippen molar-refractivity contribution in [1.82, 2.24) is 0 Å². The van der Waals surface area contributed by atoms with Crippen molar-refractivity contribution in [2.45, 2.75) is 0 Å². The molecule has 0 fully saturated rings. The van der Waals surface area contributed by atoms with E-state index in [1.165, 1.54) is 13.2 Å². The van der Waals surface area contributed by atoms with Gasteiger partial charge in [0.2, 0.25) is 0 Å². The molecular formula is C20H17ClN2O3. The second kappa shape index (κ2) is 9.30. The van der Waals surface area contributed by atoms with Gasteiger partial charge in [-0.2, -0.15) is 5.26 Å². The van der Waals surface area contributed by atoms with E-state index < -0.39 is 5.91 Å². The van der Waals surface area contributed by atoms with E-state index in [0.29, 0.717) is 34.4 Å². The Kier molecular flexibility index (Phi) is 6.84. The summed E-state index contributed by atoms with van der Waals surface area (Å²) in [6.45, 7) is 3.94. The predicted octanol–water partition coefficient (Wildman–Crippen LogP) is 4.46. The fourth-order valence-electron chi connectivity index (χ4n) is 2.12. The maximum absolute atomic E-state index is 12.3. The Morgan fingerprint density at radius 1 is 1.31 bits per heavy atom. The molecule has 0 aliphatic rings. The second-order valence-corrected chi connectivity index (χ2v) is 5.58. The fourth-order valence-corrected chi connectivity index (χ4v) is 2.31. The van der Waals surface area contributed by atoms with E-state index in [1.54, 1.807) is 48.5 Å². The monoisotopic (exact) mass is 368 g/mol. The van der Waals surface area contributed by atoms with E-state index in [-0.39, 0.29) is 5.57 Å². The number of methoxy groups -OCH3 is 1. The average molecular weight is 369 g/mol. The number of nitriles is 1. The van der Waals surface area contributed by atoms with Crippen LogP contribution in [0.2, 0.25) is 5.02 Å². The maximum Gasteiger partial charge on any atom is 0.266 e. The zero-order valence-corrected chi connectivity index (χ0v) is 14.9. The predicted molar refractivity (Wildman–Crippen MR) is 102 cm³/mol. The highest BCUT2D eigenvalue weighted by Gasteiger charge is 2.11. The molecule has 5 nitrogen and oxygen atoms in total. The minimum atomic E-state index is -0.527. The summed E-state index contributed by atoms with van der Waals surface area (Å²) in [6.07, 6.45) is 3.10. The smallest absolute Gasteiger partial charge is 0.266 e. The number of hydrogen-bond acceptors (Lipinski definition) is 4. The maximum atomic E-state index is 12.3. The first-order valence-electron chi connectivity index (χ1n) is 7.68. The molecule has 6 heteroatoms. The van der Waals surface area contributed by atoms with Crippen LogP contribution < -0.4 is 14.8 Å². The van der Waals surface area contributed by atoms with Gasteiger partial charge in [-0.05, 0) is 42.0 Å². The Balaban J connectivity index is 2.23. The number of halogens is 1. The highest BCUT2D eigenvalue weighted by Crippen LogP contribution is 2.29. The molecule has 26 heavy (non-hydrogen) atoms. The zero-order chi connectivity index (χ0) is 18.9. The lowest BCUT2D eigenvalue weighted by Crippen LogP contribution is -2.13. The molecule has 1 amide bonds. The van der Waals surface area contributed by atoms with Crippen LogP contribution >= 0.6 is 11.6 Å². The largest absolute Gasteiger partial charge is 0.493 e. The van der Waals surface area contributed by atoms with Gasteiger partial charge in [-0.25, -0.2) is 0 Å². The van der Waals surface area contributed by atoms with Gasteiger partial charge < -0.3 is 14.8 Å². The Labute approximate surface area is 157 Å². The van der Waals surface area contributed by atoms with Crippen LogP contribution in [-0.4, -0.2) is 19.6 Å². The molecule has 2 rings (SSSR count). The number of nitrogens with one attached hydrogen (secondary N) is 1. The van der Waals surface area contributed by atoms with Crippen LogP contribution in [-0.2, 0) is 4.79 Å². The third-order valence-corrected chi connectivity index (χ3v) is 3.54. The van der Waals surface area contributed by atoms with Gasteiger partial charge in [-0.3, -0.25) is 4.79 Å². The summed E-state index contributed by atoms with van der Waals surface area (Å²) in [6, 6.07) is 13.7. The Morgan fingerprint density at radius 2 is 2.12 bits per heavy atom. The summed E-state index contributed by atoms with van der Waals surface area (Å²) >= 11 is 5.89. The van der Waals surface area contributed by atoms with Gasteiger partial charge in [0.05, 0.1) is 7.11 Å². The quantitative estimate of drug-likeness (QED) is 0.445. The number of rotatable bonds is 7. The van der Waals surface area contributed by atoms with E-state index in [1.807, 2.05) is 6.07 Å². The molecule has 0 heterocycles. The van der Waals surface area contributed by atoms with Gasteiger partial charge in [0.25, 0.3) is 5.91 Å². The lowest BCUT2D eigenvalue weighted by atomic mass is 10.1. The molecule has 0 saturated carbocycles. The van der Waals surface area contributed by atoms with Gasteiger partial charge in [0.1, 0.15) is 18.2 Å². The van der Waals surface area contributed by atoms with Crippen molar-refractivity contribution < 1.29 is 14.3 Å². The first-order chi connectivity index (χ1) is 12.6. The van der Waals surface area contributed by atoms with Crippen LogP contribution in [0.1, 0.15) is 5.56 Å². The van der Waals surface area contributed by atoms with Crippen LogP contribution in [0.15, 0.2) is 60.7 Å². The number of hydrogen-bond donors (Lipinski definition) is 1. The minimum Gasteiger partial charge on any atom is -0.493 e. The van der Waals surface area contributed by atoms with Crippen LogP contribution in [0.5, 0.6) is 11.5 Å². The van der Waals surface area contributed by atoms with Crippen molar-refractivity contribution in [2.24, 2.45) is 0 Å². The Morgan fingerprint density at radius 3 is 2.77 bits per heavy atom. The van der Waals surface area contributed by atoms with Crippen molar-refractivity contribution in [3.05, 3.63) is 71.3 Å². The van der Waals surface area contributed by atoms with Gasteiger partial charge in [-0.1, -0.05) is 36.4 Å². The number of benzene rings is 2. The van der Waals surface area contributed by atoms with Crippen LogP contribution in [0.3, 0.4) is 0 Å². The van der Waals surface area contributed by atoms with E-state index in [4.69, 9.17) is 21.1 Å². The number of anilines is 1. The molecule has 0 aromatic heterocycles. The summed E-state index contributed by atoms with van der Waals surface area (Å²) < 4.78 is 10.8. The van der Waals surface area contributed by atoms with Gasteiger partial charge in [0, 0.05) is 10.7 Å². The number of carbonyl (C=O) groups is 1. The summed E-state index contributed by atoms with van der Waals surface area (Å²) in [5.74, 6) is 0.514. The summed E-state index contributed by atoms with van der Waals surface area (Å²) in [5.41, 5.74) is 1.09. The molecule has 132 valence electrons. The van der Waals surface area contributed by atoms with Gasteiger partial charge in [-0.15, -0.1) is 0 Å². The summed E-state index contributed by atoms with van der Waals surface area (Å²) in [7, 11) is 1.51. The molecular weight excluding hydrogens is 352 g/mol. The van der Waals surface area contributed by atoms with Crippen LogP contribution in [0, 0.1) is 11.3 Å². The second-order valence-electron chi connectivity index (χ2n) is 5.14. The molecule has 0 radical (unpaired) electrons. The van der Waals surface area contributed by atoms with Gasteiger partial charge in [0.15, 0.2) is 11.5 Å². The van der Waals surface area contributed by atoms with Gasteiger partial charge >= 0.3 is 0 Å². The molecule has 2 aromatic rings. The van der Waals surface area contributed by atoms with Crippen molar-refractivity contribution in [3.63, 3.8) is 0 Å². The van der Waals surface area contributed by atoms with Crippen LogP contribution in [0.4, 0.5) is 5.69 Å². The molecule has 0 unspecified atom stereocenters. The molecule has 0 spiro atoms. The first kappa shape index (κ1) is 19.1. The minimum absolute atomic E-state index is 0.0493. The third-order valence-electron chi connectivity index (χ3n) is 3.30. The van der Waals surface area contributed by atoms with Crippen LogP contribution in [0.25, 0.3) is 6.08 Å². The topological polar surface area (TPSA) is 71.3 Å². The number of amides is 1. The number of ether oxygens (including phenoxy) is 2. The molecule has 0 saturated heterocycles. The third kappa shape index (κ3) is 5.13. The van der Waals surface area contributed by atoms with Crippen molar-refractivity contribution in [3.8, 4) is 17.6 Å². The molecule has 1 N–H and O–H groups in total. The fraction of sp³-hybridized carbons (Fsp3) is 0.100. The SMILES string of the molecule is C=CCOc1ccc(/C=C(\C#N)C(=O)Nc2cccc(Cl)c2)cc1OC. The summed E-state index contributed by atoms with van der Waals surface area (Å²) in [5, 5.41) is 12.4. The van der Waals surface area contributed by atoms with Crippen molar-refractivity contribution in [1.29, 1.82) is 5.26 Å². The molecule has 0 aliphatic heterocycles. The van der Waals surface area contributed by atoms with E-state index in [2.05, 4.69) is 11.9 Å². The number of carbonyl (C=O) groups excluding carboxylic acids is 1. The molecule has 2 aromatic carbocycles. The summed E-state index contributed by atoms with van der Waals surface area (Å²) in [4.78, 5) is 12.3. The van der Waals surface area contributed by atoms with E-state index in [0.717, 1.165) is 0 Å². The average Bonchev–Trinajstić information content (AvgIpc) is 2.64. The Bertz CT molecular complexity index is 885. The standard InChI is InChI=1S/C20H17ClN2O3/c1-3-9-26-18-8-7-14(11-19(18)25-2)10-15(13-22)20(24)23-17-6-4-5-16(21)12-17/h3-8,10-12H,1,9H2,2H3,(H,23,24)/b15-10+. The Hall–Kier alpha value is -3.23. The lowest BCUT2D eigenvalue weighted by molar-refractivity contribution is -0.112.